The molecule has 1 amide bonds. The normalized spacial score (nSPS) is 12.6. The maximum Gasteiger partial charge on any atom is 0.252 e. The van der Waals surface area contributed by atoms with E-state index in [9.17, 15) is 9.18 Å². The zero-order valence-electron chi connectivity index (χ0n) is 22.1. The van der Waals surface area contributed by atoms with E-state index in [0.29, 0.717) is 30.0 Å². The molecule has 4 N–H and O–H groups in total. The molecule has 0 bridgehead atoms. The third-order valence-corrected chi connectivity index (χ3v) is 6.66. The highest BCUT2D eigenvalue weighted by Gasteiger charge is 2.25. The molecule has 0 radical (unpaired) electrons. The number of hydrogen-bond donors (Lipinski definition) is 3. The van der Waals surface area contributed by atoms with Gasteiger partial charge in [0.1, 0.15) is 11.6 Å². The number of rotatable bonds is 11. The van der Waals surface area contributed by atoms with E-state index in [1.165, 1.54) is 24.3 Å². The molecule has 0 aliphatic rings. The van der Waals surface area contributed by atoms with Crippen molar-refractivity contribution in [1.82, 2.24) is 20.5 Å². The number of ether oxygens (including phenoxy) is 1. The Labute approximate surface area is 236 Å². The highest BCUT2D eigenvalue weighted by atomic mass is 19.1. The first-order chi connectivity index (χ1) is 20.0. The lowest BCUT2D eigenvalue weighted by Crippen LogP contribution is -2.51. The Morgan fingerprint density at radius 1 is 0.951 bits per heavy atom. The number of aromatic nitrogens is 3. The Morgan fingerprint density at radius 3 is 2.49 bits per heavy atom. The maximum absolute atomic E-state index is 15.2. The number of nitrogens with two attached hydrogens (primary N) is 1. The minimum atomic E-state index is -0.594. The van der Waals surface area contributed by atoms with Crippen LogP contribution in [0, 0.1) is 11.6 Å². The number of benzene rings is 3. The third kappa shape index (κ3) is 7.08. The second-order valence-electron chi connectivity index (χ2n) is 9.61. The van der Waals surface area contributed by atoms with Gasteiger partial charge in [-0.1, -0.05) is 42.5 Å². The summed E-state index contributed by atoms with van der Waals surface area (Å²) in [5, 5.41) is 10.0. The summed E-state index contributed by atoms with van der Waals surface area (Å²) in [6.45, 7) is 0.563. The molecule has 2 heterocycles. The Hall–Kier alpha value is -4.73. The number of amides is 1. The predicted molar refractivity (Wildman–Crippen MR) is 153 cm³/mol. The summed E-state index contributed by atoms with van der Waals surface area (Å²) in [4.78, 5) is 18.0. The van der Waals surface area contributed by atoms with Gasteiger partial charge in [0.25, 0.3) is 5.91 Å². The highest BCUT2D eigenvalue weighted by molar-refractivity contribution is 6.01. The molecule has 9 heteroatoms. The van der Waals surface area contributed by atoms with Gasteiger partial charge in [-0.25, -0.2) is 8.78 Å². The van der Waals surface area contributed by atoms with Crippen molar-refractivity contribution in [2.45, 2.75) is 25.1 Å². The fraction of sp³-hybridized carbons (Fsp3) is 0.156. The van der Waals surface area contributed by atoms with Gasteiger partial charge in [0.05, 0.1) is 36.2 Å². The van der Waals surface area contributed by atoms with E-state index in [1.54, 1.807) is 30.5 Å². The van der Waals surface area contributed by atoms with Gasteiger partial charge in [0.15, 0.2) is 0 Å². The standard InChI is InChI=1S/C32H29F2N5O2/c33-23-14-12-22(13-15-23)28-18-30(39-38-28)31-25(10-6-11-26(31)34)32(40)37-29(17-24-9-4-5-16-36-24)27(35)20-41-19-21-7-2-1-3-8-21/h1-16,18,27,29H,17,19-20,35H2,(H,37,40)(H,38,39). The topological polar surface area (TPSA) is 106 Å². The van der Waals surface area contributed by atoms with Gasteiger partial charge < -0.3 is 15.8 Å². The molecule has 0 saturated heterocycles. The van der Waals surface area contributed by atoms with Crippen LogP contribution in [-0.2, 0) is 17.8 Å². The minimum Gasteiger partial charge on any atom is -0.375 e. The van der Waals surface area contributed by atoms with E-state index in [4.69, 9.17) is 10.5 Å². The SMILES string of the molecule is NC(COCc1ccccc1)C(Cc1ccccn1)NC(=O)c1cccc(F)c1-c1cc(-c2ccc(F)cc2)n[nH]1. The molecule has 208 valence electrons. The van der Waals surface area contributed by atoms with Crippen molar-refractivity contribution in [2.75, 3.05) is 6.61 Å². The van der Waals surface area contributed by atoms with Gasteiger partial charge in [-0.05, 0) is 60.2 Å². The third-order valence-electron chi connectivity index (χ3n) is 6.66. The van der Waals surface area contributed by atoms with Crippen molar-refractivity contribution in [3.05, 3.63) is 132 Å². The van der Waals surface area contributed by atoms with Crippen LogP contribution in [-0.4, -0.2) is 39.8 Å². The van der Waals surface area contributed by atoms with Crippen LogP contribution in [0.25, 0.3) is 22.5 Å². The number of halogens is 2. The van der Waals surface area contributed by atoms with Crippen LogP contribution in [0.5, 0.6) is 0 Å². The fourth-order valence-corrected chi connectivity index (χ4v) is 4.51. The van der Waals surface area contributed by atoms with Crippen LogP contribution < -0.4 is 11.1 Å². The van der Waals surface area contributed by atoms with Gasteiger partial charge in [-0.2, -0.15) is 5.10 Å². The number of aromatic amines is 1. The lowest BCUT2D eigenvalue weighted by molar-refractivity contribution is 0.0845. The first-order valence-electron chi connectivity index (χ1n) is 13.2. The number of carbonyl (C=O) groups is 1. The summed E-state index contributed by atoms with van der Waals surface area (Å²) in [5.74, 6) is -1.47. The second kappa shape index (κ2) is 13.1. The zero-order chi connectivity index (χ0) is 28.6. The summed E-state index contributed by atoms with van der Waals surface area (Å²) >= 11 is 0. The van der Waals surface area contributed by atoms with Crippen molar-refractivity contribution < 1.29 is 18.3 Å². The van der Waals surface area contributed by atoms with Gasteiger partial charge in [-0.15, -0.1) is 0 Å². The van der Waals surface area contributed by atoms with Crippen molar-refractivity contribution >= 4 is 5.91 Å². The lowest BCUT2D eigenvalue weighted by Gasteiger charge is -2.25. The van der Waals surface area contributed by atoms with Crippen LogP contribution in [0.3, 0.4) is 0 Å². The lowest BCUT2D eigenvalue weighted by atomic mass is 9.99. The fourth-order valence-electron chi connectivity index (χ4n) is 4.51. The number of nitrogens with one attached hydrogen (secondary N) is 2. The Balaban J connectivity index is 1.37. The Bertz CT molecular complexity index is 1580. The second-order valence-corrected chi connectivity index (χ2v) is 9.61. The summed E-state index contributed by atoms with van der Waals surface area (Å²) < 4.78 is 34.4. The Kier molecular flexibility index (Phi) is 8.88. The van der Waals surface area contributed by atoms with Crippen LogP contribution in [0.1, 0.15) is 21.6 Å². The predicted octanol–water partition coefficient (Wildman–Crippen LogP) is 5.30. The monoisotopic (exact) mass is 553 g/mol. The average Bonchev–Trinajstić information content (AvgIpc) is 3.48. The molecule has 2 atom stereocenters. The van der Waals surface area contributed by atoms with Crippen molar-refractivity contribution in [2.24, 2.45) is 5.73 Å². The number of hydrogen-bond acceptors (Lipinski definition) is 5. The van der Waals surface area contributed by atoms with Crippen molar-refractivity contribution in [1.29, 1.82) is 0 Å². The molecule has 41 heavy (non-hydrogen) atoms. The maximum atomic E-state index is 15.2. The molecular formula is C32H29F2N5O2. The van der Waals surface area contributed by atoms with Gasteiger partial charge in [0.2, 0.25) is 0 Å². The van der Waals surface area contributed by atoms with E-state index < -0.39 is 23.8 Å². The number of carbonyl (C=O) groups excluding carboxylic acids is 1. The summed E-state index contributed by atoms with van der Waals surface area (Å²) in [6, 6.07) is 25.8. The van der Waals surface area contributed by atoms with Gasteiger partial charge in [0, 0.05) is 35.5 Å². The Morgan fingerprint density at radius 2 is 1.73 bits per heavy atom. The first-order valence-corrected chi connectivity index (χ1v) is 13.2. The molecule has 2 aromatic heterocycles. The van der Waals surface area contributed by atoms with Crippen LogP contribution >= 0.6 is 0 Å². The summed E-state index contributed by atoms with van der Waals surface area (Å²) in [7, 11) is 0. The van der Waals surface area contributed by atoms with E-state index >= 15 is 4.39 Å². The van der Waals surface area contributed by atoms with Gasteiger partial charge in [-0.3, -0.25) is 14.9 Å². The molecule has 0 aliphatic heterocycles. The van der Waals surface area contributed by atoms with Crippen LogP contribution in [0.4, 0.5) is 8.78 Å². The minimum absolute atomic E-state index is 0.0661. The molecule has 5 rings (SSSR count). The molecule has 0 saturated carbocycles. The zero-order valence-corrected chi connectivity index (χ0v) is 22.1. The van der Waals surface area contributed by atoms with E-state index in [0.717, 1.165) is 11.3 Å². The van der Waals surface area contributed by atoms with Gasteiger partial charge >= 0.3 is 0 Å². The molecule has 0 aliphatic carbocycles. The quantitative estimate of drug-likeness (QED) is 0.206. The molecule has 0 fully saturated rings. The van der Waals surface area contributed by atoms with Crippen molar-refractivity contribution in [3.8, 4) is 22.5 Å². The highest BCUT2D eigenvalue weighted by Crippen LogP contribution is 2.29. The first kappa shape index (κ1) is 27.8. The van der Waals surface area contributed by atoms with Crippen LogP contribution in [0.2, 0.25) is 0 Å². The molecule has 7 nitrogen and oxygen atoms in total. The summed E-state index contributed by atoms with van der Waals surface area (Å²) in [6.07, 6.45) is 2.03. The molecule has 0 spiro atoms. The number of pyridine rings is 1. The molecule has 2 unspecified atom stereocenters. The van der Waals surface area contributed by atoms with Crippen LogP contribution in [0.15, 0.2) is 103 Å². The van der Waals surface area contributed by atoms with E-state index in [-0.39, 0.29) is 23.6 Å². The van der Waals surface area contributed by atoms with E-state index in [1.807, 2.05) is 48.5 Å². The average molecular weight is 554 g/mol. The largest absolute Gasteiger partial charge is 0.375 e. The number of nitrogens with zero attached hydrogens (tertiary/aromatic N) is 2. The smallest absolute Gasteiger partial charge is 0.252 e. The summed E-state index contributed by atoms with van der Waals surface area (Å²) in [5.41, 5.74) is 9.90. The van der Waals surface area contributed by atoms with E-state index in [2.05, 4.69) is 20.5 Å². The van der Waals surface area contributed by atoms with Crippen molar-refractivity contribution in [3.63, 3.8) is 0 Å². The number of H-pyrrole nitrogens is 1. The molecule has 3 aromatic carbocycles. The molecular weight excluding hydrogens is 524 g/mol. The molecule has 5 aromatic rings.